The number of nitrogens with one attached hydrogen (secondary N) is 1. The molecule has 2 aliphatic rings. The molecule has 6 rings (SSSR count). The molecule has 1 aromatic heterocycles. The van der Waals surface area contributed by atoms with Crippen LogP contribution in [0.2, 0.25) is 0 Å². The Balaban J connectivity index is 1.30. The first-order chi connectivity index (χ1) is 20.5. The van der Waals surface area contributed by atoms with Crippen molar-refractivity contribution in [1.29, 1.82) is 0 Å². The lowest BCUT2D eigenvalue weighted by molar-refractivity contribution is -0.165. The van der Waals surface area contributed by atoms with Gasteiger partial charge in [-0.25, -0.2) is 4.79 Å². The predicted molar refractivity (Wildman–Crippen MR) is 162 cm³/mol. The number of amides is 2. The second-order valence-electron chi connectivity index (χ2n) is 9.88. The molecule has 3 aromatic carbocycles. The lowest BCUT2D eigenvalue weighted by Gasteiger charge is -2.51. The highest BCUT2D eigenvalue weighted by Crippen LogP contribution is 2.42. The van der Waals surface area contributed by atoms with Gasteiger partial charge >= 0.3 is 5.97 Å². The van der Waals surface area contributed by atoms with E-state index in [4.69, 9.17) is 4.74 Å². The number of Topliss-reactive ketones (excluding diaryl/α,β-unsaturated/α-hetero) is 1. The number of fused-ring (bicyclic) bond motifs is 1. The summed E-state index contributed by atoms with van der Waals surface area (Å²) >= 11 is 2.71. The number of esters is 1. The van der Waals surface area contributed by atoms with Crippen molar-refractivity contribution in [3.8, 4) is 0 Å². The molecule has 42 heavy (non-hydrogen) atoms. The van der Waals surface area contributed by atoms with E-state index in [1.165, 1.54) is 28.0 Å². The van der Waals surface area contributed by atoms with Crippen LogP contribution in [0.3, 0.4) is 0 Å². The first-order valence-corrected chi connectivity index (χ1v) is 15.2. The number of ether oxygens (including phenoxy) is 1. The van der Waals surface area contributed by atoms with Crippen LogP contribution in [-0.2, 0) is 25.5 Å². The second-order valence-corrected chi connectivity index (χ2v) is 11.9. The van der Waals surface area contributed by atoms with Gasteiger partial charge in [0.05, 0.1) is 6.42 Å². The van der Waals surface area contributed by atoms with Gasteiger partial charge in [0.2, 0.25) is 11.8 Å². The summed E-state index contributed by atoms with van der Waals surface area (Å²) in [6.07, 6.45) is -0.591. The molecule has 3 heterocycles. The van der Waals surface area contributed by atoms with Gasteiger partial charge in [-0.15, -0.1) is 23.1 Å². The van der Waals surface area contributed by atoms with Crippen LogP contribution in [-0.4, -0.2) is 45.9 Å². The van der Waals surface area contributed by atoms with Crippen LogP contribution in [0.5, 0.6) is 0 Å². The largest absolute Gasteiger partial charge is 0.451 e. The van der Waals surface area contributed by atoms with Gasteiger partial charge < -0.3 is 15.0 Å². The third kappa shape index (κ3) is 5.53. The molecule has 0 radical (unpaired) electrons. The average molecular weight is 595 g/mol. The number of carbonyl (C=O) groups excluding carboxylic acids is 4. The van der Waals surface area contributed by atoms with E-state index in [0.717, 1.165) is 16.0 Å². The zero-order chi connectivity index (χ0) is 29.1. The van der Waals surface area contributed by atoms with Gasteiger partial charge in [-0.05, 0) is 28.0 Å². The minimum absolute atomic E-state index is 0.157. The van der Waals surface area contributed by atoms with Gasteiger partial charge in [-0.3, -0.25) is 14.4 Å². The summed E-state index contributed by atoms with van der Waals surface area (Å²) in [7, 11) is 0. The van der Waals surface area contributed by atoms with Crippen molar-refractivity contribution in [1.82, 2.24) is 10.2 Å². The highest BCUT2D eigenvalue weighted by molar-refractivity contribution is 8.03. The van der Waals surface area contributed by atoms with E-state index >= 15 is 0 Å². The first kappa shape index (κ1) is 27.7. The van der Waals surface area contributed by atoms with Crippen LogP contribution >= 0.6 is 23.1 Å². The van der Waals surface area contributed by atoms with Crippen molar-refractivity contribution in [2.24, 2.45) is 0 Å². The standard InChI is InChI=1S/C33H26N2O5S2/c36-26(19-24-17-10-18-41-24)34-27-31(38)35-28(25(20-42-32(27)35)29(37)21-11-4-1-5-12-21)33(39)40-30(22-13-6-2-7-14-22)23-15-8-3-9-16-23/h1-18,20,27-28,30,32H,19H2,(H,34,36)/t27?,28?,32-/m1/s1. The molecule has 1 fully saturated rings. The molecule has 0 bridgehead atoms. The lowest BCUT2D eigenvalue weighted by Crippen LogP contribution is -2.74. The smallest absolute Gasteiger partial charge is 0.334 e. The van der Waals surface area contributed by atoms with Crippen molar-refractivity contribution in [2.75, 3.05) is 0 Å². The Morgan fingerprint density at radius 3 is 2.05 bits per heavy atom. The highest BCUT2D eigenvalue weighted by Gasteiger charge is 2.57. The molecule has 210 valence electrons. The van der Waals surface area contributed by atoms with Crippen LogP contribution in [0.25, 0.3) is 0 Å². The van der Waals surface area contributed by atoms with Crippen molar-refractivity contribution < 1.29 is 23.9 Å². The summed E-state index contributed by atoms with van der Waals surface area (Å²) in [6, 6.07) is 28.9. The third-order valence-electron chi connectivity index (χ3n) is 7.18. The summed E-state index contributed by atoms with van der Waals surface area (Å²) < 4.78 is 6.14. The fourth-order valence-electron chi connectivity index (χ4n) is 5.13. The van der Waals surface area contributed by atoms with Crippen molar-refractivity contribution >= 4 is 46.7 Å². The molecule has 0 aliphatic carbocycles. The van der Waals surface area contributed by atoms with E-state index in [2.05, 4.69) is 5.32 Å². The van der Waals surface area contributed by atoms with Crippen molar-refractivity contribution in [2.45, 2.75) is 30.0 Å². The molecule has 3 atom stereocenters. The number of thioether (sulfide) groups is 1. The van der Waals surface area contributed by atoms with E-state index in [0.29, 0.717) is 5.56 Å². The Bertz CT molecular complexity index is 1590. The summed E-state index contributed by atoms with van der Waals surface area (Å²) in [6.45, 7) is 0. The molecule has 4 aromatic rings. The Morgan fingerprint density at radius 1 is 0.833 bits per heavy atom. The van der Waals surface area contributed by atoms with Gasteiger partial charge in [0.25, 0.3) is 0 Å². The highest BCUT2D eigenvalue weighted by atomic mass is 32.2. The van der Waals surface area contributed by atoms with E-state index in [1.54, 1.807) is 35.7 Å². The monoisotopic (exact) mass is 594 g/mol. The number of ketones is 1. The van der Waals surface area contributed by atoms with Gasteiger partial charge in [-0.2, -0.15) is 0 Å². The number of nitrogens with zero attached hydrogens (tertiary/aromatic N) is 1. The van der Waals surface area contributed by atoms with Crippen molar-refractivity contribution in [3.05, 3.63) is 141 Å². The lowest BCUT2D eigenvalue weighted by atomic mass is 9.92. The van der Waals surface area contributed by atoms with Crippen LogP contribution in [0.15, 0.2) is 119 Å². The molecular formula is C33H26N2O5S2. The Hall–Kier alpha value is -4.47. The van der Waals surface area contributed by atoms with E-state index in [-0.39, 0.29) is 23.7 Å². The maximum absolute atomic E-state index is 14.1. The number of hydrogen-bond donors (Lipinski definition) is 1. The fraction of sp³-hybridized carbons (Fsp3) is 0.152. The molecule has 7 nitrogen and oxygen atoms in total. The van der Waals surface area contributed by atoms with E-state index < -0.39 is 35.4 Å². The molecule has 2 unspecified atom stereocenters. The maximum atomic E-state index is 14.1. The predicted octanol–water partition coefficient (Wildman–Crippen LogP) is 5.16. The molecule has 2 aliphatic heterocycles. The number of rotatable bonds is 9. The SMILES string of the molecule is O=C(Cc1cccs1)NC1C(=O)N2C(C(=O)OC(c3ccccc3)c3ccccc3)C(C(=O)c3ccccc3)=CS[C@H]12. The molecule has 2 amide bonds. The van der Waals surface area contributed by atoms with Gasteiger partial charge in [-0.1, -0.05) is 97.1 Å². The van der Waals surface area contributed by atoms with Crippen molar-refractivity contribution in [3.63, 3.8) is 0 Å². The minimum atomic E-state index is -1.27. The first-order valence-electron chi connectivity index (χ1n) is 13.4. The number of hydrogen-bond acceptors (Lipinski definition) is 7. The molecule has 1 saturated heterocycles. The normalized spacial score (nSPS) is 19.4. The number of β-lactam (4-membered cyclic amide) rings is 1. The van der Waals surface area contributed by atoms with Crippen LogP contribution in [0.4, 0.5) is 0 Å². The fourth-order valence-corrected chi connectivity index (χ4v) is 7.05. The second kappa shape index (κ2) is 12.2. The van der Waals surface area contributed by atoms with E-state index in [1.807, 2.05) is 78.2 Å². The molecule has 9 heteroatoms. The summed E-state index contributed by atoms with van der Waals surface area (Å²) in [5.74, 6) is -1.79. The van der Waals surface area contributed by atoms with Crippen LogP contribution in [0, 0.1) is 0 Å². The minimum Gasteiger partial charge on any atom is -0.451 e. The van der Waals surface area contributed by atoms with E-state index in [9.17, 15) is 19.2 Å². The Morgan fingerprint density at radius 2 is 1.45 bits per heavy atom. The number of benzene rings is 3. The van der Waals surface area contributed by atoms with Gasteiger partial charge in [0.1, 0.15) is 11.4 Å². The summed E-state index contributed by atoms with van der Waals surface area (Å²) in [5, 5.41) is 5.79. The quantitative estimate of drug-likeness (QED) is 0.164. The zero-order valence-corrected chi connectivity index (χ0v) is 23.9. The molecule has 1 N–H and O–H groups in total. The number of carbonyl (C=O) groups is 4. The zero-order valence-electron chi connectivity index (χ0n) is 22.3. The molecular weight excluding hydrogens is 569 g/mol. The van der Waals surface area contributed by atoms with Crippen LogP contribution < -0.4 is 5.32 Å². The maximum Gasteiger partial charge on any atom is 0.334 e. The average Bonchev–Trinajstić information content (AvgIpc) is 3.55. The molecule has 0 saturated carbocycles. The summed E-state index contributed by atoms with van der Waals surface area (Å²) in [4.78, 5) is 56.2. The topological polar surface area (TPSA) is 92.8 Å². The Labute approximate surface area is 251 Å². The van der Waals surface area contributed by atoms with Crippen LogP contribution in [0.1, 0.15) is 32.5 Å². The number of thiophene rings is 1. The summed E-state index contributed by atoms with van der Waals surface area (Å²) in [5.41, 5.74) is 2.07. The Kier molecular flexibility index (Phi) is 8.03. The molecule has 0 spiro atoms. The van der Waals surface area contributed by atoms with Gasteiger partial charge in [0, 0.05) is 16.0 Å². The third-order valence-corrected chi connectivity index (χ3v) is 9.22. The van der Waals surface area contributed by atoms with Gasteiger partial charge in [0.15, 0.2) is 17.9 Å².